The summed E-state index contributed by atoms with van der Waals surface area (Å²) in [6, 6.07) is 7.91. The minimum absolute atomic E-state index is 0.0764. The van der Waals surface area contributed by atoms with Crippen LogP contribution in [0.2, 0.25) is 0 Å². The number of aromatic nitrogens is 3. The van der Waals surface area contributed by atoms with Crippen molar-refractivity contribution in [2.75, 3.05) is 0 Å². The van der Waals surface area contributed by atoms with Gasteiger partial charge in [0, 0.05) is 29.9 Å². The number of fused-ring (bicyclic) bond motifs is 1. The highest BCUT2D eigenvalue weighted by molar-refractivity contribution is 5.78. The van der Waals surface area contributed by atoms with Crippen molar-refractivity contribution in [1.29, 1.82) is 5.41 Å². The van der Waals surface area contributed by atoms with Gasteiger partial charge in [-0.1, -0.05) is 30.4 Å². The molecule has 28 heavy (non-hydrogen) atoms. The van der Waals surface area contributed by atoms with Crippen LogP contribution in [0, 0.1) is 17.1 Å². The zero-order valence-corrected chi connectivity index (χ0v) is 14.9. The molecule has 2 atom stereocenters. The zero-order chi connectivity index (χ0) is 19.7. The van der Waals surface area contributed by atoms with E-state index in [-0.39, 0.29) is 24.1 Å². The van der Waals surface area contributed by atoms with E-state index < -0.39 is 5.82 Å². The van der Waals surface area contributed by atoms with Gasteiger partial charge in [0.1, 0.15) is 12.1 Å². The molecule has 1 aromatic carbocycles. The van der Waals surface area contributed by atoms with Crippen LogP contribution in [0.25, 0.3) is 16.6 Å². The quantitative estimate of drug-likeness (QED) is 0.685. The first-order chi connectivity index (χ1) is 13.6. The Balaban J connectivity index is 1.63. The van der Waals surface area contributed by atoms with Crippen LogP contribution in [-0.2, 0) is 6.54 Å². The number of hydrogen-bond donors (Lipinski definition) is 2. The first-order valence-corrected chi connectivity index (χ1v) is 8.82. The smallest absolute Gasteiger partial charge is 0.263 e. The van der Waals surface area contributed by atoms with Gasteiger partial charge in [0.15, 0.2) is 5.65 Å². The van der Waals surface area contributed by atoms with E-state index in [9.17, 15) is 9.18 Å². The second kappa shape index (κ2) is 7.28. The molecule has 0 saturated heterocycles. The summed E-state index contributed by atoms with van der Waals surface area (Å²) in [4.78, 5) is 20.8. The Morgan fingerprint density at radius 1 is 1.29 bits per heavy atom. The fourth-order valence-corrected chi connectivity index (χ4v) is 3.23. The third-order valence-corrected chi connectivity index (χ3v) is 4.83. The molecule has 0 amide bonds. The number of nitrogens with two attached hydrogens (primary N) is 1. The highest BCUT2D eigenvalue weighted by Crippen LogP contribution is 2.25. The van der Waals surface area contributed by atoms with E-state index in [1.54, 1.807) is 30.5 Å². The van der Waals surface area contributed by atoms with Crippen molar-refractivity contribution >= 4 is 22.8 Å². The summed E-state index contributed by atoms with van der Waals surface area (Å²) in [6.07, 6.45) is 9.76. The average Bonchev–Trinajstić information content (AvgIpc) is 2.71. The molecule has 3 N–H and O–H groups in total. The Kier molecular flexibility index (Phi) is 4.67. The third-order valence-electron chi connectivity index (χ3n) is 4.83. The van der Waals surface area contributed by atoms with Crippen LogP contribution >= 0.6 is 0 Å². The highest BCUT2D eigenvalue weighted by atomic mass is 19.1. The normalized spacial score (nSPS) is 18.9. The van der Waals surface area contributed by atoms with Crippen LogP contribution in [0.5, 0.6) is 0 Å². The number of allylic oxidation sites excluding steroid dienone is 2. The highest BCUT2D eigenvalue weighted by Gasteiger charge is 2.16. The van der Waals surface area contributed by atoms with E-state index in [2.05, 4.69) is 9.97 Å². The molecule has 2 aromatic heterocycles. The summed E-state index contributed by atoms with van der Waals surface area (Å²) in [5, 5.41) is 7.75. The average molecular weight is 375 g/mol. The van der Waals surface area contributed by atoms with E-state index in [1.807, 2.05) is 18.2 Å². The standard InChI is InChI=1S/C21H18FN5O/c22-18-8-13(14-3-5-15(10-23)19(24)9-14)4-6-16(18)11-27-12-26-20-17(21(27)28)2-1-7-25-20/h1-10,12,15,19,23H,11,24H2. The lowest BCUT2D eigenvalue weighted by molar-refractivity contribution is 0.595. The molecule has 0 radical (unpaired) electrons. The van der Waals surface area contributed by atoms with Crippen LogP contribution in [0.4, 0.5) is 4.39 Å². The summed E-state index contributed by atoms with van der Waals surface area (Å²) in [5.74, 6) is -0.553. The van der Waals surface area contributed by atoms with Gasteiger partial charge in [0.05, 0.1) is 11.9 Å². The maximum atomic E-state index is 14.7. The van der Waals surface area contributed by atoms with Crippen molar-refractivity contribution in [3.8, 4) is 0 Å². The zero-order valence-electron chi connectivity index (χ0n) is 14.9. The van der Waals surface area contributed by atoms with Crippen molar-refractivity contribution in [3.05, 3.63) is 88.4 Å². The molecule has 1 aliphatic rings. The Morgan fingerprint density at radius 2 is 2.14 bits per heavy atom. The SMILES string of the molecule is N=CC1C=CC(c2ccc(Cn3cnc4ncccc4c3=O)c(F)c2)=CC1N. The summed E-state index contributed by atoms with van der Waals surface area (Å²) in [5.41, 5.74) is 8.03. The Labute approximate surface area is 160 Å². The number of pyridine rings is 1. The number of hydrogen-bond acceptors (Lipinski definition) is 5. The molecule has 0 saturated carbocycles. The lowest BCUT2D eigenvalue weighted by atomic mass is 9.90. The molecule has 3 aromatic rings. The second-order valence-electron chi connectivity index (χ2n) is 6.66. The third kappa shape index (κ3) is 3.27. The molecule has 7 heteroatoms. The second-order valence-corrected chi connectivity index (χ2v) is 6.66. The van der Waals surface area contributed by atoms with Gasteiger partial charge < -0.3 is 11.1 Å². The molecule has 6 nitrogen and oxygen atoms in total. The number of rotatable bonds is 4. The van der Waals surface area contributed by atoms with Crippen molar-refractivity contribution in [2.45, 2.75) is 12.6 Å². The molecule has 0 bridgehead atoms. The van der Waals surface area contributed by atoms with Crippen LogP contribution in [0.1, 0.15) is 11.1 Å². The van der Waals surface area contributed by atoms with Crippen LogP contribution in [-0.4, -0.2) is 26.8 Å². The molecule has 0 spiro atoms. The van der Waals surface area contributed by atoms with Crippen LogP contribution in [0.3, 0.4) is 0 Å². The number of nitrogens with zero attached hydrogens (tertiary/aromatic N) is 3. The van der Waals surface area contributed by atoms with Crippen molar-refractivity contribution < 1.29 is 4.39 Å². The Bertz CT molecular complexity index is 1180. The molecule has 4 rings (SSSR count). The van der Waals surface area contributed by atoms with Crippen molar-refractivity contribution in [1.82, 2.24) is 14.5 Å². The van der Waals surface area contributed by atoms with Crippen LogP contribution in [0.15, 0.2) is 65.9 Å². The van der Waals surface area contributed by atoms with Gasteiger partial charge in [-0.15, -0.1) is 0 Å². The van der Waals surface area contributed by atoms with E-state index in [4.69, 9.17) is 11.1 Å². The predicted octanol–water partition coefficient (Wildman–Crippen LogP) is 2.53. The molecule has 0 aliphatic heterocycles. The maximum absolute atomic E-state index is 14.7. The molecule has 140 valence electrons. The van der Waals surface area contributed by atoms with Gasteiger partial charge in [0.25, 0.3) is 5.56 Å². The molecule has 0 fully saturated rings. The van der Waals surface area contributed by atoms with Gasteiger partial charge in [-0.2, -0.15) is 0 Å². The molecule has 2 heterocycles. The van der Waals surface area contributed by atoms with Crippen LogP contribution < -0.4 is 11.3 Å². The van der Waals surface area contributed by atoms with Gasteiger partial charge in [-0.3, -0.25) is 9.36 Å². The van der Waals surface area contributed by atoms with Crippen molar-refractivity contribution in [2.24, 2.45) is 11.7 Å². The van der Waals surface area contributed by atoms with Crippen molar-refractivity contribution in [3.63, 3.8) is 0 Å². The molecule has 2 unspecified atom stereocenters. The minimum Gasteiger partial charge on any atom is -0.324 e. The summed E-state index contributed by atoms with van der Waals surface area (Å²) in [7, 11) is 0. The fraction of sp³-hybridized carbons (Fsp3) is 0.143. The van der Waals surface area contributed by atoms with E-state index in [0.29, 0.717) is 22.2 Å². The topological polar surface area (TPSA) is 97.6 Å². The Morgan fingerprint density at radius 3 is 2.89 bits per heavy atom. The first kappa shape index (κ1) is 17.9. The van der Waals surface area contributed by atoms with E-state index in [0.717, 1.165) is 5.57 Å². The van der Waals surface area contributed by atoms with E-state index in [1.165, 1.54) is 23.2 Å². The molecular formula is C21H18FN5O. The number of nitrogens with one attached hydrogen (secondary N) is 1. The first-order valence-electron chi connectivity index (χ1n) is 8.82. The predicted molar refractivity (Wildman–Crippen MR) is 107 cm³/mol. The summed E-state index contributed by atoms with van der Waals surface area (Å²) >= 11 is 0. The summed E-state index contributed by atoms with van der Waals surface area (Å²) in [6.45, 7) is 0.0764. The van der Waals surface area contributed by atoms with Gasteiger partial charge in [-0.05, 0) is 29.3 Å². The van der Waals surface area contributed by atoms with Gasteiger partial charge >= 0.3 is 0 Å². The lowest BCUT2D eigenvalue weighted by Gasteiger charge is -2.19. The number of halogens is 1. The lowest BCUT2D eigenvalue weighted by Crippen LogP contribution is -2.29. The largest absolute Gasteiger partial charge is 0.324 e. The fourth-order valence-electron chi connectivity index (χ4n) is 3.23. The van der Waals surface area contributed by atoms with Gasteiger partial charge in [-0.25, -0.2) is 14.4 Å². The Hall–Kier alpha value is -3.45. The monoisotopic (exact) mass is 375 g/mol. The molecular weight excluding hydrogens is 357 g/mol. The van der Waals surface area contributed by atoms with Gasteiger partial charge in [0.2, 0.25) is 0 Å². The minimum atomic E-state index is -0.410. The maximum Gasteiger partial charge on any atom is 0.263 e. The molecule has 1 aliphatic carbocycles. The number of benzene rings is 1. The van der Waals surface area contributed by atoms with E-state index >= 15 is 0 Å². The summed E-state index contributed by atoms with van der Waals surface area (Å²) < 4.78 is 16.1.